The summed E-state index contributed by atoms with van der Waals surface area (Å²) in [5.41, 5.74) is 2.92. The maximum absolute atomic E-state index is 13.4. The maximum atomic E-state index is 13.4. The summed E-state index contributed by atoms with van der Waals surface area (Å²) in [6, 6.07) is 12.0. The predicted octanol–water partition coefficient (Wildman–Crippen LogP) is 5.00. The Kier molecular flexibility index (Phi) is 7.68. The third-order valence-electron chi connectivity index (χ3n) is 4.34. The Hall–Kier alpha value is -3.06. The normalized spacial score (nSPS) is 10.9. The zero-order valence-corrected chi connectivity index (χ0v) is 18.1. The lowest BCUT2D eigenvalue weighted by molar-refractivity contribution is 0.0951. The second kappa shape index (κ2) is 10.6. The van der Waals surface area contributed by atoms with Crippen molar-refractivity contribution in [3.8, 4) is 0 Å². The molecule has 0 spiro atoms. The quantitative estimate of drug-likeness (QED) is 0.488. The molecular formula is C23H22BrFN4O. The van der Waals surface area contributed by atoms with Gasteiger partial charge in [0.25, 0.3) is 5.91 Å². The predicted molar refractivity (Wildman–Crippen MR) is 121 cm³/mol. The number of hydrogen-bond acceptors (Lipinski definition) is 4. The van der Waals surface area contributed by atoms with Gasteiger partial charge < -0.3 is 10.6 Å². The summed E-state index contributed by atoms with van der Waals surface area (Å²) >= 11 is 3.49. The number of nitrogens with zero attached hydrogens (tertiary/aromatic N) is 2. The van der Waals surface area contributed by atoms with Crippen molar-refractivity contribution in [2.24, 2.45) is 0 Å². The van der Waals surface area contributed by atoms with Crippen LogP contribution in [-0.4, -0.2) is 22.4 Å². The molecule has 0 aliphatic heterocycles. The summed E-state index contributed by atoms with van der Waals surface area (Å²) < 4.78 is 14.1. The van der Waals surface area contributed by atoms with Crippen LogP contribution >= 0.6 is 15.9 Å². The highest BCUT2D eigenvalue weighted by molar-refractivity contribution is 9.10. The van der Waals surface area contributed by atoms with Crippen LogP contribution in [0.15, 0.2) is 65.4 Å². The average Bonchev–Trinajstić information content (AvgIpc) is 2.75. The molecule has 0 fully saturated rings. The molecule has 7 heteroatoms. The minimum atomic E-state index is -0.264. The Morgan fingerprint density at radius 3 is 2.77 bits per heavy atom. The number of anilines is 1. The molecule has 2 N–H and O–H groups in total. The molecule has 0 radical (unpaired) electrons. The lowest BCUT2D eigenvalue weighted by Crippen LogP contribution is -2.25. The van der Waals surface area contributed by atoms with Crippen LogP contribution in [-0.2, 0) is 13.0 Å². The van der Waals surface area contributed by atoms with Crippen molar-refractivity contribution in [3.63, 3.8) is 0 Å². The van der Waals surface area contributed by atoms with Gasteiger partial charge in [0, 0.05) is 30.0 Å². The van der Waals surface area contributed by atoms with Gasteiger partial charge in [-0.15, -0.1) is 0 Å². The molecule has 3 aromatic rings. The van der Waals surface area contributed by atoms with Crippen LogP contribution in [0.1, 0.15) is 34.1 Å². The molecule has 5 nitrogen and oxygen atoms in total. The lowest BCUT2D eigenvalue weighted by Gasteiger charge is -2.14. The van der Waals surface area contributed by atoms with E-state index in [1.165, 1.54) is 12.1 Å². The van der Waals surface area contributed by atoms with Crippen molar-refractivity contribution in [3.05, 3.63) is 93.6 Å². The van der Waals surface area contributed by atoms with Crippen LogP contribution in [0.2, 0.25) is 0 Å². The van der Waals surface area contributed by atoms with Gasteiger partial charge in [-0.25, -0.2) is 9.37 Å². The van der Waals surface area contributed by atoms with E-state index in [0.29, 0.717) is 30.9 Å². The highest BCUT2D eigenvalue weighted by Crippen LogP contribution is 2.24. The molecule has 0 aliphatic carbocycles. The topological polar surface area (TPSA) is 66.9 Å². The van der Waals surface area contributed by atoms with E-state index in [1.807, 2.05) is 37.3 Å². The van der Waals surface area contributed by atoms with E-state index in [2.05, 4.69) is 36.5 Å². The van der Waals surface area contributed by atoms with Crippen molar-refractivity contribution in [2.45, 2.75) is 19.9 Å². The number of rotatable bonds is 8. The molecule has 0 unspecified atom stereocenters. The van der Waals surface area contributed by atoms with E-state index in [0.717, 1.165) is 21.3 Å². The van der Waals surface area contributed by atoms with Crippen molar-refractivity contribution < 1.29 is 9.18 Å². The molecule has 0 saturated heterocycles. The Bertz CT molecular complexity index is 1040. The third kappa shape index (κ3) is 5.97. The van der Waals surface area contributed by atoms with E-state index < -0.39 is 0 Å². The molecular weight excluding hydrogens is 447 g/mol. The fourth-order valence-electron chi connectivity index (χ4n) is 2.88. The Morgan fingerprint density at radius 1 is 1.20 bits per heavy atom. The molecule has 0 aliphatic rings. The Labute approximate surface area is 183 Å². The van der Waals surface area contributed by atoms with E-state index >= 15 is 0 Å². The number of amides is 1. The van der Waals surface area contributed by atoms with Gasteiger partial charge in [-0.3, -0.25) is 9.78 Å². The Morgan fingerprint density at radius 2 is 2.03 bits per heavy atom. The largest absolute Gasteiger partial charge is 0.369 e. The van der Waals surface area contributed by atoms with Gasteiger partial charge in [-0.1, -0.05) is 24.3 Å². The number of allylic oxidation sites excluding steroid dienone is 1. The van der Waals surface area contributed by atoms with Crippen LogP contribution in [0.3, 0.4) is 0 Å². The number of hydrogen-bond donors (Lipinski definition) is 2. The lowest BCUT2D eigenvalue weighted by atomic mass is 10.1. The third-order valence-corrected chi connectivity index (χ3v) is 4.98. The smallest absolute Gasteiger partial charge is 0.255 e. The SMILES string of the molecule is C/C=C/c1nc(NCCc2cccc(F)c2)c(C(=O)NCc2cccnc2)cc1Br. The molecule has 0 atom stereocenters. The number of nitrogens with one attached hydrogen (secondary N) is 2. The summed E-state index contributed by atoms with van der Waals surface area (Å²) in [6.45, 7) is 2.78. The molecule has 3 rings (SSSR count). The van der Waals surface area contributed by atoms with E-state index in [4.69, 9.17) is 0 Å². The van der Waals surface area contributed by atoms with Gasteiger partial charge in [-0.2, -0.15) is 0 Å². The first-order chi connectivity index (χ1) is 14.6. The summed E-state index contributed by atoms with van der Waals surface area (Å²) in [5, 5.41) is 6.13. The summed E-state index contributed by atoms with van der Waals surface area (Å²) in [6.07, 6.45) is 7.74. The van der Waals surface area contributed by atoms with Crippen molar-refractivity contribution in [2.75, 3.05) is 11.9 Å². The molecule has 30 heavy (non-hydrogen) atoms. The highest BCUT2D eigenvalue weighted by atomic mass is 79.9. The first-order valence-electron chi connectivity index (χ1n) is 9.55. The average molecular weight is 469 g/mol. The molecule has 1 aromatic carbocycles. The Balaban J connectivity index is 1.76. The molecule has 0 saturated carbocycles. The maximum Gasteiger partial charge on any atom is 0.255 e. The monoisotopic (exact) mass is 468 g/mol. The second-order valence-electron chi connectivity index (χ2n) is 6.60. The zero-order valence-electron chi connectivity index (χ0n) is 16.5. The van der Waals surface area contributed by atoms with Crippen LogP contribution in [0, 0.1) is 5.82 Å². The van der Waals surface area contributed by atoms with E-state index in [9.17, 15) is 9.18 Å². The van der Waals surface area contributed by atoms with Crippen molar-refractivity contribution in [1.29, 1.82) is 0 Å². The first-order valence-corrected chi connectivity index (χ1v) is 10.3. The highest BCUT2D eigenvalue weighted by Gasteiger charge is 2.16. The van der Waals surface area contributed by atoms with Gasteiger partial charge >= 0.3 is 0 Å². The standard InChI is InChI=1S/C23H22BrFN4O/c1-2-5-21-20(24)13-19(23(30)28-15-17-7-4-10-26-14-17)22(29-21)27-11-9-16-6-3-8-18(25)12-16/h2-8,10,12-14H,9,11,15H2,1H3,(H,27,29)(H,28,30)/b5-2+. The number of pyridine rings is 2. The summed E-state index contributed by atoms with van der Waals surface area (Å²) in [5.74, 6) is -0.0289. The fourth-order valence-corrected chi connectivity index (χ4v) is 3.33. The fraction of sp³-hybridized carbons (Fsp3) is 0.174. The molecule has 1 amide bonds. The van der Waals surface area contributed by atoms with Crippen LogP contribution in [0.5, 0.6) is 0 Å². The van der Waals surface area contributed by atoms with Crippen molar-refractivity contribution in [1.82, 2.24) is 15.3 Å². The summed E-state index contributed by atoms with van der Waals surface area (Å²) in [7, 11) is 0. The van der Waals surface area contributed by atoms with Crippen LogP contribution < -0.4 is 10.6 Å². The van der Waals surface area contributed by atoms with Crippen LogP contribution in [0.4, 0.5) is 10.2 Å². The van der Waals surface area contributed by atoms with Gasteiger partial charge in [0.05, 0.1) is 11.3 Å². The minimum absolute atomic E-state index is 0.243. The number of halogens is 2. The van der Waals surface area contributed by atoms with Gasteiger partial charge in [-0.05, 0) is 70.7 Å². The van der Waals surface area contributed by atoms with Crippen LogP contribution in [0.25, 0.3) is 6.08 Å². The molecule has 2 heterocycles. The molecule has 2 aromatic heterocycles. The number of aromatic nitrogens is 2. The van der Waals surface area contributed by atoms with Crippen molar-refractivity contribution >= 4 is 33.7 Å². The van der Waals surface area contributed by atoms with Gasteiger partial charge in [0.1, 0.15) is 11.6 Å². The van der Waals surface area contributed by atoms with Gasteiger partial charge in [0.2, 0.25) is 0 Å². The van der Waals surface area contributed by atoms with E-state index in [1.54, 1.807) is 24.5 Å². The zero-order chi connectivity index (χ0) is 21.3. The second-order valence-corrected chi connectivity index (χ2v) is 7.46. The minimum Gasteiger partial charge on any atom is -0.369 e. The van der Waals surface area contributed by atoms with E-state index in [-0.39, 0.29) is 11.7 Å². The molecule has 0 bridgehead atoms. The number of benzene rings is 1. The number of carbonyl (C=O) groups excluding carboxylic acids is 1. The molecule has 154 valence electrons. The number of carbonyl (C=O) groups is 1. The summed E-state index contributed by atoms with van der Waals surface area (Å²) in [4.78, 5) is 21.5. The first kappa shape index (κ1) is 21.6. The van der Waals surface area contributed by atoms with Gasteiger partial charge in [0.15, 0.2) is 0 Å².